The predicted octanol–water partition coefficient (Wildman–Crippen LogP) is 2.74. The van der Waals surface area contributed by atoms with Gasteiger partial charge in [-0.25, -0.2) is 9.50 Å². The van der Waals surface area contributed by atoms with Gasteiger partial charge in [-0.15, -0.1) is 5.10 Å². The number of anilines is 1. The van der Waals surface area contributed by atoms with Crippen LogP contribution in [0.15, 0.2) is 18.6 Å². The molecule has 3 aromatic rings. The molecule has 2 atom stereocenters. The first kappa shape index (κ1) is 18.0. The van der Waals surface area contributed by atoms with Crippen molar-refractivity contribution in [3.8, 4) is 0 Å². The van der Waals surface area contributed by atoms with E-state index in [1.807, 2.05) is 34.7 Å². The third-order valence-corrected chi connectivity index (χ3v) is 5.71. The van der Waals surface area contributed by atoms with E-state index in [0.717, 1.165) is 34.3 Å². The maximum Gasteiger partial charge on any atom is 0.220 e. The number of amides is 1. The number of aryl methyl sites for hydroxylation is 1. The Morgan fingerprint density at radius 3 is 2.85 bits per heavy atom. The van der Waals surface area contributed by atoms with E-state index in [4.69, 9.17) is 4.98 Å². The van der Waals surface area contributed by atoms with E-state index < -0.39 is 0 Å². The minimum Gasteiger partial charge on any atom is -0.355 e. The molecule has 1 aliphatic heterocycles. The van der Waals surface area contributed by atoms with Gasteiger partial charge in [-0.2, -0.15) is 5.10 Å². The van der Waals surface area contributed by atoms with Crippen LogP contribution in [0.2, 0.25) is 0 Å². The molecule has 0 radical (unpaired) electrons. The molecule has 0 aromatic carbocycles. The van der Waals surface area contributed by atoms with Crippen molar-refractivity contribution in [2.24, 2.45) is 0 Å². The van der Waals surface area contributed by atoms with Crippen LogP contribution in [-0.4, -0.2) is 36.3 Å². The lowest BCUT2D eigenvalue weighted by molar-refractivity contribution is -0.123. The van der Waals surface area contributed by atoms with E-state index in [-0.39, 0.29) is 23.4 Å². The van der Waals surface area contributed by atoms with Crippen molar-refractivity contribution >= 4 is 27.3 Å². The van der Waals surface area contributed by atoms with Gasteiger partial charge in [0.2, 0.25) is 16.0 Å². The Balaban J connectivity index is 1.56. The topological polar surface area (TPSA) is 89.1 Å². The average molecular weight is 388 g/mol. The standard InChI is InChI=1S/C18H25N7OS/c1-5-24-9-11(8-19-24)15-12(6-7-14(26)22-15)20-16-23-25-10-13(18(2,3)4)21-17(25)27-16/h8-10,12,15H,5-7H2,1-4H3,(H,20,23)(H,22,26)/t12-,15+/m1/s1. The zero-order valence-electron chi connectivity index (χ0n) is 16.1. The lowest BCUT2D eigenvalue weighted by atomic mass is 9.93. The number of nitrogens with zero attached hydrogens (tertiary/aromatic N) is 5. The summed E-state index contributed by atoms with van der Waals surface area (Å²) < 4.78 is 3.71. The number of imidazole rings is 1. The summed E-state index contributed by atoms with van der Waals surface area (Å²) in [7, 11) is 0. The van der Waals surface area contributed by atoms with Crippen molar-refractivity contribution in [3.63, 3.8) is 0 Å². The number of aromatic nitrogens is 5. The largest absolute Gasteiger partial charge is 0.355 e. The first-order chi connectivity index (χ1) is 12.8. The summed E-state index contributed by atoms with van der Waals surface area (Å²) in [5.41, 5.74) is 2.04. The lowest BCUT2D eigenvalue weighted by Crippen LogP contribution is -2.45. The van der Waals surface area contributed by atoms with Gasteiger partial charge in [0.05, 0.1) is 30.2 Å². The van der Waals surface area contributed by atoms with Crippen LogP contribution in [0, 0.1) is 0 Å². The molecular formula is C18H25N7OS. The van der Waals surface area contributed by atoms with E-state index in [0.29, 0.717) is 6.42 Å². The zero-order valence-corrected chi connectivity index (χ0v) is 16.9. The van der Waals surface area contributed by atoms with Crippen LogP contribution in [0.3, 0.4) is 0 Å². The molecule has 0 saturated carbocycles. The van der Waals surface area contributed by atoms with Crippen LogP contribution in [0.5, 0.6) is 0 Å². The Morgan fingerprint density at radius 1 is 1.37 bits per heavy atom. The second-order valence-corrected chi connectivity index (χ2v) is 8.93. The fourth-order valence-corrected chi connectivity index (χ4v) is 4.11. The number of carbonyl (C=O) groups is 1. The number of hydrogen-bond donors (Lipinski definition) is 2. The molecule has 4 heterocycles. The molecule has 9 heteroatoms. The minimum atomic E-state index is -0.118. The van der Waals surface area contributed by atoms with E-state index in [2.05, 4.69) is 41.6 Å². The molecule has 8 nitrogen and oxygen atoms in total. The van der Waals surface area contributed by atoms with Gasteiger partial charge in [-0.05, 0) is 13.3 Å². The van der Waals surface area contributed by atoms with Gasteiger partial charge in [-0.3, -0.25) is 9.48 Å². The quantitative estimate of drug-likeness (QED) is 0.718. The molecule has 0 unspecified atom stereocenters. The second-order valence-electron chi connectivity index (χ2n) is 7.97. The highest BCUT2D eigenvalue weighted by molar-refractivity contribution is 7.20. The SMILES string of the molecule is CCn1cc([C@@H]2NC(=O)CC[C@H]2Nc2nn3cc(C(C)(C)C)nc3s2)cn1. The zero-order chi connectivity index (χ0) is 19.2. The predicted molar refractivity (Wildman–Crippen MR) is 105 cm³/mol. The molecule has 2 N–H and O–H groups in total. The Kier molecular flexibility index (Phi) is 4.41. The maximum atomic E-state index is 12.0. The summed E-state index contributed by atoms with van der Waals surface area (Å²) in [4.78, 5) is 17.5. The third kappa shape index (κ3) is 3.55. The summed E-state index contributed by atoms with van der Waals surface area (Å²) in [6.45, 7) is 9.28. The van der Waals surface area contributed by atoms with Gasteiger partial charge < -0.3 is 10.6 Å². The smallest absolute Gasteiger partial charge is 0.220 e. The van der Waals surface area contributed by atoms with Crippen LogP contribution >= 0.6 is 11.3 Å². The Hall–Kier alpha value is -2.42. The van der Waals surface area contributed by atoms with E-state index in [9.17, 15) is 4.79 Å². The van der Waals surface area contributed by atoms with Crippen LogP contribution in [0.4, 0.5) is 5.13 Å². The normalized spacial score (nSPS) is 20.8. The summed E-state index contributed by atoms with van der Waals surface area (Å²) in [5.74, 6) is 0.0751. The Labute approximate surface area is 162 Å². The molecule has 27 heavy (non-hydrogen) atoms. The van der Waals surface area contributed by atoms with Crippen molar-refractivity contribution in [1.29, 1.82) is 0 Å². The van der Waals surface area contributed by atoms with Gasteiger partial charge in [-0.1, -0.05) is 32.1 Å². The summed E-state index contributed by atoms with van der Waals surface area (Å²) >= 11 is 1.53. The van der Waals surface area contributed by atoms with Crippen LogP contribution < -0.4 is 10.6 Å². The Morgan fingerprint density at radius 2 is 2.19 bits per heavy atom. The van der Waals surface area contributed by atoms with Gasteiger partial charge in [0.1, 0.15) is 0 Å². The molecule has 0 spiro atoms. The number of piperidine rings is 1. The molecular weight excluding hydrogens is 362 g/mol. The van der Waals surface area contributed by atoms with Crippen molar-refractivity contribution < 1.29 is 4.79 Å². The lowest BCUT2D eigenvalue weighted by Gasteiger charge is -2.32. The summed E-state index contributed by atoms with van der Waals surface area (Å²) in [5, 5.41) is 16.4. The number of fused-ring (bicyclic) bond motifs is 1. The monoisotopic (exact) mass is 387 g/mol. The molecule has 1 fully saturated rings. The van der Waals surface area contributed by atoms with E-state index >= 15 is 0 Å². The third-order valence-electron chi connectivity index (χ3n) is 4.86. The van der Waals surface area contributed by atoms with Crippen LogP contribution in [0.25, 0.3) is 4.96 Å². The maximum absolute atomic E-state index is 12.0. The molecule has 1 saturated heterocycles. The molecule has 3 aromatic heterocycles. The van der Waals surface area contributed by atoms with Gasteiger partial charge in [0.15, 0.2) is 0 Å². The number of carbonyl (C=O) groups excluding carboxylic acids is 1. The Bertz CT molecular complexity index is 933. The number of nitrogens with one attached hydrogen (secondary N) is 2. The molecule has 0 bridgehead atoms. The van der Waals surface area contributed by atoms with Crippen LogP contribution in [0.1, 0.15) is 57.8 Å². The summed E-state index contributed by atoms with van der Waals surface area (Å²) in [6, 6.07) is -0.0527. The van der Waals surface area contributed by atoms with E-state index in [1.54, 1.807) is 0 Å². The van der Waals surface area contributed by atoms with Crippen molar-refractivity contribution in [1.82, 2.24) is 29.7 Å². The molecule has 1 aliphatic rings. The highest BCUT2D eigenvalue weighted by Crippen LogP contribution is 2.30. The molecule has 0 aliphatic carbocycles. The minimum absolute atomic E-state index is 0.000800. The fourth-order valence-electron chi connectivity index (χ4n) is 3.26. The average Bonchev–Trinajstić information content (AvgIpc) is 3.29. The molecule has 1 amide bonds. The number of hydrogen-bond acceptors (Lipinski definition) is 6. The van der Waals surface area contributed by atoms with Crippen LogP contribution in [-0.2, 0) is 16.8 Å². The first-order valence-corrected chi connectivity index (χ1v) is 10.1. The van der Waals surface area contributed by atoms with E-state index in [1.165, 1.54) is 11.3 Å². The molecule has 144 valence electrons. The van der Waals surface area contributed by atoms with Gasteiger partial charge >= 0.3 is 0 Å². The highest BCUT2D eigenvalue weighted by atomic mass is 32.1. The van der Waals surface area contributed by atoms with Crippen molar-refractivity contribution in [2.45, 2.75) is 64.6 Å². The first-order valence-electron chi connectivity index (χ1n) is 9.28. The van der Waals surface area contributed by atoms with Crippen molar-refractivity contribution in [3.05, 3.63) is 29.8 Å². The number of rotatable bonds is 4. The molecule has 4 rings (SSSR count). The second kappa shape index (κ2) is 6.63. The van der Waals surface area contributed by atoms with Crippen molar-refractivity contribution in [2.75, 3.05) is 5.32 Å². The fraction of sp³-hybridized carbons (Fsp3) is 0.556. The summed E-state index contributed by atoms with van der Waals surface area (Å²) in [6.07, 6.45) is 7.08. The van der Waals surface area contributed by atoms with Gasteiger partial charge in [0, 0.05) is 30.1 Å². The highest BCUT2D eigenvalue weighted by Gasteiger charge is 2.31. The van der Waals surface area contributed by atoms with Gasteiger partial charge in [0.25, 0.3) is 0 Å².